The average Bonchev–Trinajstić information content (AvgIpc) is 2.70. The Bertz CT molecular complexity index is 513. The minimum absolute atomic E-state index is 0.0193. The molecule has 0 bridgehead atoms. The molecule has 0 radical (unpaired) electrons. The van der Waals surface area contributed by atoms with Crippen LogP contribution < -0.4 is 5.32 Å². The molecule has 7 heteroatoms. The van der Waals surface area contributed by atoms with Crippen molar-refractivity contribution in [3.63, 3.8) is 0 Å². The highest BCUT2D eigenvalue weighted by atomic mass is 35.5. The molecule has 0 atom stereocenters. The zero-order valence-corrected chi connectivity index (χ0v) is 9.95. The van der Waals surface area contributed by atoms with E-state index in [0.29, 0.717) is 13.0 Å². The lowest BCUT2D eigenvalue weighted by Crippen LogP contribution is -2.11. The molecule has 2 heterocycles. The number of nitrogens with zero attached hydrogens (tertiary/aromatic N) is 4. The van der Waals surface area contributed by atoms with Gasteiger partial charge in [0.05, 0.1) is 6.20 Å². The predicted octanol–water partition coefficient (Wildman–Crippen LogP) is 1.66. The van der Waals surface area contributed by atoms with Gasteiger partial charge in [-0.1, -0.05) is 0 Å². The van der Waals surface area contributed by atoms with Crippen LogP contribution in [-0.2, 0) is 13.5 Å². The molecule has 0 amide bonds. The molecule has 0 aliphatic rings. The molecule has 0 saturated carbocycles. The number of imidazole rings is 1. The monoisotopic (exact) mass is 255 g/mol. The predicted molar refractivity (Wildman–Crippen MR) is 62.4 cm³/mol. The molecule has 90 valence electrons. The van der Waals surface area contributed by atoms with Crippen molar-refractivity contribution in [3.05, 3.63) is 35.5 Å². The summed E-state index contributed by atoms with van der Waals surface area (Å²) < 4.78 is 15.2. The van der Waals surface area contributed by atoms with E-state index in [9.17, 15) is 4.39 Å². The number of anilines is 1. The zero-order valence-electron chi connectivity index (χ0n) is 9.19. The minimum atomic E-state index is -0.519. The molecule has 0 aliphatic carbocycles. The molecule has 17 heavy (non-hydrogen) atoms. The minimum Gasteiger partial charge on any atom is -0.367 e. The second-order valence-electron chi connectivity index (χ2n) is 3.47. The normalized spacial score (nSPS) is 10.5. The highest BCUT2D eigenvalue weighted by Crippen LogP contribution is 2.11. The Hall–Kier alpha value is -1.69. The number of hydrogen-bond acceptors (Lipinski definition) is 4. The van der Waals surface area contributed by atoms with Gasteiger partial charge in [-0.2, -0.15) is 4.98 Å². The van der Waals surface area contributed by atoms with Crippen LogP contribution in [-0.4, -0.2) is 26.1 Å². The van der Waals surface area contributed by atoms with Crippen LogP contribution >= 0.6 is 11.6 Å². The molecule has 0 fully saturated rings. The molecule has 2 aromatic heterocycles. The van der Waals surface area contributed by atoms with Crippen LogP contribution in [0.15, 0.2) is 18.6 Å². The van der Waals surface area contributed by atoms with E-state index in [-0.39, 0.29) is 11.1 Å². The molecule has 2 aromatic rings. The third-order valence-corrected chi connectivity index (χ3v) is 2.46. The number of aryl methyl sites for hydroxylation is 1. The first kappa shape index (κ1) is 11.8. The van der Waals surface area contributed by atoms with Gasteiger partial charge in [0.1, 0.15) is 5.82 Å². The molecule has 5 nitrogen and oxygen atoms in total. The quantitative estimate of drug-likeness (QED) is 0.845. The van der Waals surface area contributed by atoms with Gasteiger partial charge in [-0.05, 0) is 11.6 Å². The fourth-order valence-electron chi connectivity index (χ4n) is 1.40. The summed E-state index contributed by atoms with van der Waals surface area (Å²) in [4.78, 5) is 11.4. The Balaban J connectivity index is 1.94. The van der Waals surface area contributed by atoms with Crippen LogP contribution in [0.1, 0.15) is 5.82 Å². The van der Waals surface area contributed by atoms with Gasteiger partial charge in [-0.15, -0.1) is 0 Å². The van der Waals surface area contributed by atoms with E-state index < -0.39 is 5.82 Å². The highest BCUT2D eigenvalue weighted by molar-refractivity contribution is 6.28. The first-order chi connectivity index (χ1) is 8.16. The van der Waals surface area contributed by atoms with E-state index in [1.165, 1.54) is 0 Å². The van der Waals surface area contributed by atoms with Gasteiger partial charge < -0.3 is 9.88 Å². The van der Waals surface area contributed by atoms with E-state index in [2.05, 4.69) is 20.3 Å². The third kappa shape index (κ3) is 2.91. The largest absolute Gasteiger partial charge is 0.367 e. The van der Waals surface area contributed by atoms with Crippen LogP contribution in [0.4, 0.5) is 10.2 Å². The van der Waals surface area contributed by atoms with Gasteiger partial charge in [0.25, 0.3) is 0 Å². The SMILES string of the molecule is Cn1ccnc1CCNc1nc(Cl)ncc1F. The second kappa shape index (κ2) is 5.09. The van der Waals surface area contributed by atoms with Crippen molar-refractivity contribution in [3.8, 4) is 0 Å². The standard InChI is InChI=1S/C10H11ClFN5/c1-17-5-4-13-8(17)2-3-14-9-7(12)6-15-10(11)16-9/h4-6H,2-3H2,1H3,(H,14,15,16). The molecule has 0 saturated heterocycles. The second-order valence-corrected chi connectivity index (χ2v) is 3.80. The lowest BCUT2D eigenvalue weighted by atomic mass is 10.4. The van der Waals surface area contributed by atoms with Crippen LogP contribution in [0.25, 0.3) is 0 Å². The van der Waals surface area contributed by atoms with Crippen LogP contribution in [0.2, 0.25) is 5.28 Å². The van der Waals surface area contributed by atoms with E-state index >= 15 is 0 Å². The maximum absolute atomic E-state index is 13.2. The molecular formula is C10H11ClFN5. The average molecular weight is 256 g/mol. The molecule has 0 unspecified atom stereocenters. The van der Waals surface area contributed by atoms with Gasteiger partial charge in [0, 0.05) is 32.4 Å². The third-order valence-electron chi connectivity index (χ3n) is 2.28. The summed E-state index contributed by atoms with van der Waals surface area (Å²) in [6.45, 7) is 0.523. The van der Waals surface area contributed by atoms with Crippen LogP contribution in [0.5, 0.6) is 0 Å². The fraction of sp³-hybridized carbons (Fsp3) is 0.300. The number of hydrogen-bond donors (Lipinski definition) is 1. The maximum atomic E-state index is 13.2. The van der Waals surface area contributed by atoms with Gasteiger partial charge in [-0.25, -0.2) is 14.4 Å². The summed E-state index contributed by atoms with van der Waals surface area (Å²) in [6, 6.07) is 0. The highest BCUT2D eigenvalue weighted by Gasteiger charge is 2.05. The molecular weight excluding hydrogens is 245 g/mol. The van der Waals surface area contributed by atoms with Crippen LogP contribution in [0.3, 0.4) is 0 Å². The Morgan fingerprint density at radius 2 is 2.29 bits per heavy atom. The lowest BCUT2D eigenvalue weighted by Gasteiger charge is -2.06. The van der Waals surface area contributed by atoms with E-state index in [4.69, 9.17) is 11.6 Å². The summed E-state index contributed by atoms with van der Waals surface area (Å²) in [5.74, 6) is 0.506. The summed E-state index contributed by atoms with van der Waals surface area (Å²) in [6.07, 6.45) is 5.29. The number of rotatable bonds is 4. The summed E-state index contributed by atoms with van der Waals surface area (Å²) in [7, 11) is 1.91. The van der Waals surface area contributed by atoms with Crippen molar-refractivity contribution in [1.29, 1.82) is 0 Å². The van der Waals surface area contributed by atoms with Crippen molar-refractivity contribution in [2.45, 2.75) is 6.42 Å². The molecule has 0 aromatic carbocycles. The van der Waals surface area contributed by atoms with Crippen molar-refractivity contribution in [2.24, 2.45) is 7.05 Å². The molecule has 2 rings (SSSR count). The van der Waals surface area contributed by atoms with Crippen molar-refractivity contribution < 1.29 is 4.39 Å². The van der Waals surface area contributed by atoms with E-state index in [1.807, 2.05) is 17.8 Å². The molecule has 0 spiro atoms. The van der Waals surface area contributed by atoms with E-state index in [0.717, 1.165) is 12.0 Å². The van der Waals surface area contributed by atoms with E-state index in [1.54, 1.807) is 6.20 Å². The van der Waals surface area contributed by atoms with Gasteiger partial charge >= 0.3 is 0 Å². The van der Waals surface area contributed by atoms with Crippen molar-refractivity contribution in [1.82, 2.24) is 19.5 Å². The first-order valence-electron chi connectivity index (χ1n) is 5.05. The Morgan fingerprint density at radius 1 is 1.47 bits per heavy atom. The topological polar surface area (TPSA) is 55.6 Å². The maximum Gasteiger partial charge on any atom is 0.224 e. The fourth-order valence-corrected chi connectivity index (χ4v) is 1.53. The first-order valence-corrected chi connectivity index (χ1v) is 5.42. The zero-order chi connectivity index (χ0) is 12.3. The Morgan fingerprint density at radius 3 is 3.00 bits per heavy atom. The Labute approximate surface area is 103 Å². The Kier molecular flexibility index (Phi) is 3.53. The summed E-state index contributed by atoms with van der Waals surface area (Å²) in [5.41, 5.74) is 0. The lowest BCUT2D eigenvalue weighted by molar-refractivity contribution is 0.616. The molecule has 0 aliphatic heterocycles. The van der Waals surface area contributed by atoms with Crippen molar-refractivity contribution in [2.75, 3.05) is 11.9 Å². The van der Waals surface area contributed by atoms with Crippen molar-refractivity contribution >= 4 is 17.4 Å². The number of aromatic nitrogens is 4. The summed E-state index contributed by atoms with van der Waals surface area (Å²) in [5, 5.41) is 2.87. The van der Waals surface area contributed by atoms with Gasteiger partial charge in [0.2, 0.25) is 5.28 Å². The van der Waals surface area contributed by atoms with Crippen LogP contribution in [0, 0.1) is 5.82 Å². The summed E-state index contributed by atoms with van der Waals surface area (Å²) >= 11 is 5.58. The number of halogens is 2. The molecule has 1 N–H and O–H groups in total. The smallest absolute Gasteiger partial charge is 0.224 e. The van der Waals surface area contributed by atoms with Gasteiger partial charge in [0.15, 0.2) is 11.6 Å². The number of nitrogens with one attached hydrogen (secondary N) is 1. The van der Waals surface area contributed by atoms with Gasteiger partial charge in [-0.3, -0.25) is 0 Å².